The number of rotatable bonds is 5. The zero-order valence-electron chi connectivity index (χ0n) is 45.0. The lowest BCUT2D eigenvalue weighted by Crippen LogP contribution is -2.61. The topological polar surface area (TPSA) is 9.72 Å². The van der Waals surface area contributed by atoms with Crippen LogP contribution < -0.4 is 31.1 Å². The van der Waals surface area contributed by atoms with E-state index in [-0.39, 0.29) is 33.8 Å². The van der Waals surface area contributed by atoms with E-state index < -0.39 is 0 Å². The first-order valence-corrected chi connectivity index (χ1v) is 27.6. The number of anilines is 9. The van der Waals surface area contributed by atoms with E-state index in [0.29, 0.717) is 0 Å². The molecule has 0 atom stereocenters. The van der Waals surface area contributed by atoms with Crippen molar-refractivity contribution in [1.29, 1.82) is 0 Å². The van der Waals surface area contributed by atoms with Crippen molar-refractivity contribution in [1.82, 2.24) is 0 Å². The lowest BCUT2D eigenvalue weighted by atomic mass is 9.33. The van der Waals surface area contributed by atoms with E-state index in [2.05, 4.69) is 256 Å². The monoisotopic (exact) mass is 970 g/mol. The maximum atomic E-state index is 2.68. The van der Waals surface area contributed by atoms with E-state index in [1.165, 1.54) is 117 Å². The number of para-hydroxylation sites is 2. The molecule has 0 N–H and O–H groups in total. The Hall–Kier alpha value is -6.56. The van der Waals surface area contributed by atoms with Gasteiger partial charge in [-0.2, -0.15) is 0 Å². The van der Waals surface area contributed by atoms with Gasteiger partial charge in [0, 0.05) is 71.4 Å². The summed E-state index contributed by atoms with van der Waals surface area (Å²) >= 11 is 1.92. The second kappa shape index (κ2) is 15.7. The van der Waals surface area contributed by atoms with Crippen LogP contribution in [0.25, 0.3) is 20.2 Å². The van der Waals surface area contributed by atoms with Crippen molar-refractivity contribution >= 4 is 106 Å². The molecule has 0 saturated carbocycles. The number of fused-ring (bicyclic) bond motifs is 9. The van der Waals surface area contributed by atoms with Crippen LogP contribution in [0.3, 0.4) is 0 Å². The molecule has 3 heterocycles. The molecule has 0 bridgehead atoms. The van der Waals surface area contributed by atoms with Crippen LogP contribution >= 0.6 is 11.3 Å². The van der Waals surface area contributed by atoms with Crippen molar-refractivity contribution in [3.8, 4) is 0 Å². The smallest absolute Gasteiger partial charge is 0.252 e. The van der Waals surface area contributed by atoms with Crippen molar-refractivity contribution in [2.24, 2.45) is 0 Å². The number of hydrogen-bond donors (Lipinski definition) is 0. The fourth-order valence-corrected chi connectivity index (χ4v) is 15.1. The van der Waals surface area contributed by atoms with Gasteiger partial charge >= 0.3 is 0 Å². The average molecular weight is 970 g/mol. The first-order chi connectivity index (χ1) is 34.7. The van der Waals surface area contributed by atoms with Crippen molar-refractivity contribution in [3.05, 3.63) is 191 Å². The highest BCUT2D eigenvalue weighted by Gasteiger charge is 2.49. The molecule has 0 saturated heterocycles. The molecule has 0 unspecified atom stereocenters. The molecule has 8 aromatic carbocycles. The maximum absolute atomic E-state index is 2.68. The van der Waals surface area contributed by atoms with Gasteiger partial charge in [0.1, 0.15) is 0 Å². The predicted octanol–water partition coefficient (Wildman–Crippen LogP) is 17.5. The second-order valence-electron chi connectivity index (χ2n) is 25.7. The Bertz CT molecular complexity index is 3700. The van der Waals surface area contributed by atoms with Gasteiger partial charge in [-0.3, -0.25) is 0 Å². The van der Waals surface area contributed by atoms with Gasteiger partial charge in [0.05, 0.1) is 0 Å². The molecule has 2 aliphatic carbocycles. The lowest BCUT2D eigenvalue weighted by Gasteiger charge is -2.46. The SMILES string of the molecule is Cc1cc2c3c(c1)N(c1ccc4c(c1)C(C)(C)CCC4(C)C)c1cc4c(cc1B3c1ccc(N(c3ccccc3)c3ccccc3)cc1N2c1ccc2c(c1)sc1cc(C(C)(C)C)ccc12)C(C)(C)CC4(C)C. The minimum absolute atomic E-state index is 0.000686. The van der Waals surface area contributed by atoms with Gasteiger partial charge in [-0.25, -0.2) is 0 Å². The van der Waals surface area contributed by atoms with Gasteiger partial charge in [-0.05, 0) is 188 Å². The lowest BCUT2D eigenvalue weighted by molar-refractivity contribution is 0.332. The number of hydrogen-bond acceptors (Lipinski definition) is 4. The van der Waals surface area contributed by atoms with Gasteiger partial charge in [-0.15, -0.1) is 11.3 Å². The van der Waals surface area contributed by atoms with Gasteiger partial charge in [-0.1, -0.05) is 149 Å². The molecule has 2 aliphatic heterocycles. The minimum atomic E-state index is 0.000686. The molecule has 0 fully saturated rings. The third-order valence-electron chi connectivity index (χ3n) is 17.6. The van der Waals surface area contributed by atoms with Gasteiger partial charge < -0.3 is 14.7 Å². The minimum Gasteiger partial charge on any atom is -0.311 e. The molecule has 0 radical (unpaired) electrons. The molecule has 13 rings (SSSR count). The molecule has 9 aromatic rings. The Labute approximate surface area is 438 Å². The Morgan fingerprint density at radius 1 is 0.466 bits per heavy atom. The number of aryl methyl sites for hydroxylation is 1. The molecular weight excluding hydrogens is 902 g/mol. The molecule has 5 heteroatoms. The fourth-order valence-electron chi connectivity index (χ4n) is 14.0. The third-order valence-corrected chi connectivity index (χ3v) is 18.8. The Kier molecular flexibility index (Phi) is 9.97. The molecule has 4 aliphatic rings. The fraction of sp³-hybridized carbons (Fsp3) is 0.294. The van der Waals surface area contributed by atoms with Crippen molar-refractivity contribution in [3.63, 3.8) is 0 Å². The Morgan fingerprint density at radius 2 is 1.00 bits per heavy atom. The normalized spacial score (nSPS) is 17.5. The predicted molar refractivity (Wildman–Crippen MR) is 317 cm³/mol. The van der Waals surface area contributed by atoms with Crippen LogP contribution in [0, 0.1) is 6.92 Å². The van der Waals surface area contributed by atoms with E-state index in [1.807, 2.05) is 11.3 Å². The Balaban J connectivity index is 1.11. The molecule has 364 valence electrons. The van der Waals surface area contributed by atoms with E-state index in [0.717, 1.165) is 23.5 Å². The van der Waals surface area contributed by atoms with Crippen molar-refractivity contribution < 1.29 is 0 Å². The average Bonchev–Trinajstić information content (AvgIpc) is 3.81. The van der Waals surface area contributed by atoms with E-state index >= 15 is 0 Å². The highest BCUT2D eigenvalue weighted by atomic mass is 32.1. The summed E-state index contributed by atoms with van der Waals surface area (Å²) in [5.41, 5.74) is 23.9. The van der Waals surface area contributed by atoms with Crippen LogP contribution in [0.4, 0.5) is 51.2 Å². The maximum Gasteiger partial charge on any atom is 0.252 e. The summed E-state index contributed by atoms with van der Waals surface area (Å²) < 4.78 is 2.65. The van der Waals surface area contributed by atoms with Crippen LogP contribution in [0.15, 0.2) is 158 Å². The van der Waals surface area contributed by atoms with Gasteiger partial charge in [0.15, 0.2) is 0 Å². The summed E-state index contributed by atoms with van der Waals surface area (Å²) in [4.78, 5) is 7.73. The van der Waals surface area contributed by atoms with Gasteiger partial charge in [0.25, 0.3) is 6.71 Å². The Morgan fingerprint density at radius 3 is 1.63 bits per heavy atom. The van der Waals surface area contributed by atoms with Crippen LogP contribution in [0.2, 0.25) is 0 Å². The van der Waals surface area contributed by atoms with Crippen molar-refractivity contribution in [2.45, 2.75) is 129 Å². The van der Waals surface area contributed by atoms with E-state index in [1.54, 1.807) is 0 Å². The summed E-state index contributed by atoms with van der Waals surface area (Å²) in [6.07, 6.45) is 3.48. The van der Waals surface area contributed by atoms with E-state index in [9.17, 15) is 0 Å². The molecule has 0 spiro atoms. The summed E-state index contributed by atoms with van der Waals surface area (Å²) in [5.74, 6) is 0. The largest absolute Gasteiger partial charge is 0.311 e. The quantitative estimate of drug-likeness (QED) is 0.159. The molecule has 3 nitrogen and oxygen atoms in total. The van der Waals surface area contributed by atoms with Crippen LogP contribution in [-0.2, 0) is 27.1 Å². The molecule has 1 aromatic heterocycles. The summed E-state index contributed by atoms with van der Waals surface area (Å²) in [6.45, 7) is 29.0. The van der Waals surface area contributed by atoms with Crippen LogP contribution in [0.5, 0.6) is 0 Å². The number of thiophene rings is 1. The standard InChI is InChI=1S/C68H68BN3S/c1-42-33-59-63-60(34-42)72(48-24-28-50-49-27-23-43(64(2,3)4)35-61(49)73-62(50)38-48)57-37-47(70(44-19-15-13-16-20-44)45-21-17-14-18-22-45)26-30-55(57)69(63)56-39-53-54(68(11,12)41-67(53,9)10)40-58(56)71(59)46-25-29-51-52(36-46)66(7,8)32-31-65(51,5)6/h13-30,33-40H,31-32,41H2,1-12H3. The summed E-state index contributed by atoms with van der Waals surface area (Å²) in [5, 5.41) is 2.65. The third kappa shape index (κ3) is 7.11. The van der Waals surface area contributed by atoms with Crippen LogP contribution in [0.1, 0.15) is 129 Å². The molecular formula is C68H68BN3S. The highest BCUT2D eigenvalue weighted by Crippen LogP contribution is 2.55. The van der Waals surface area contributed by atoms with Crippen molar-refractivity contribution in [2.75, 3.05) is 14.7 Å². The number of benzene rings is 8. The zero-order valence-corrected chi connectivity index (χ0v) is 45.8. The summed E-state index contributed by atoms with van der Waals surface area (Å²) in [6, 6.07) is 61.3. The van der Waals surface area contributed by atoms with E-state index in [4.69, 9.17) is 0 Å². The first kappa shape index (κ1) is 46.2. The van der Waals surface area contributed by atoms with Crippen LogP contribution in [-0.4, -0.2) is 6.71 Å². The second-order valence-corrected chi connectivity index (χ2v) is 26.8. The molecule has 73 heavy (non-hydrogen) atoms. The summed E-state index contributed by atoms with van der Waals surface area (Å²) in [7, 11) is 0. The molecule has 0 amide bonds. The first-order valence-electron chi connectivity index (χ1n) is 26.8. The van der Waals surface area contributed by atoms with Gasteiger partial charge in [0.2, 0.25) is 0 Å². The number of nitrogens with zero attached hydrogens (tertiary/aromatic N) is 3. The highest BCUT2D eigenvalue weighted by molar-refractivity contribution is 7.25. The zero-order chi connectivity index (χ0) is 50.7.